The van der Waals surface area contributed by atoms with Crippen LogP contribution in [0.4, 0.5) is 4.79 Å². The summed E-state index contributed by atoms with van der Waals surface area (Å²) in [5.41, 5.74) is 0.817. The molecule has 2 fully saturated rings. The Kier molecular flexibility index (Phi) is 11.9. The largest absolute Gasteiger partial charge is 0.494 e. The number of rotatable bonds is 16. The second kappa shape index (κ2) is 15.8. The van der Waals surface area contributed by atoms with Crippen molar-refractivity contribution in [2.75, 3.05) is 60.3 Å². The van der Waals surface area contributed by atoms with Gasteiger partial charge in [0, 0.05) is 25.7 Å². The number of fused-ring (bicyclic) bond motifs is 2. The molecular weight excluding hydrogens is 630 g/mol. The third kappa shape index (κ3) is 9.27. The van der Waals surface area contributed by atoms with Crippen LogP contribution in [0.1, 0.15) is 32.3 Å². The standard InChI is InChI=1S/C33H47N3O10S/c1-22(2)18-36(47(39,40)25-10-11-29-30(17-25)45-21-44-29)19-28(37)27(34-33(38)46-31-20-43-32-26(31)12-15-42-32)16-23-6-8-24(9-7-23)41-14-5-13-35(3)4/h6-11,17,22,26-28,31-32,37H,5,12-16,18-21H2,1-4H3,(H,34,38). The van der Waals surface area contributed by atoms with Crippen LogP contribution in [0.25, 0.3) is 0 Å². The van der Waals surface area contributed by atoms with Gasteiger partial charge in [0.05, 0.1) is 42.8 Å². The van der Waals surface area contributed by atoms with E-state index in [4.69, 9.17) is 28.4 Å². The second-order valence-electron chi connectivity index (χ2n) is 12.9. The van der Waals surface area contributed by atoms with E-state index in [1.54, 1.807) is 6.07 Å². The van der Waals surface area contributed by atoms with Gasteiger partial charge in [-0.25, -0.2) is 13.2 Å². The second-order valence-corrected chi connectivity index (χ2v) is 14.8. The zero-order chi connectivity index (χ0) is 33.6. The number of hydrogen-bond acceptors (Lipinski definition) is 11. The molecule has 1 amide bonds. The summed E-state index contributed by atoms with van der Waals surface area (Å²) in [4.78, 5) is 15.3. The van der Waals surface area contributed by atoms with Gasteiger partial charge in [0.1, 0.15) is 11.9 Å². The van der Waals surface area contributed by atoms with Crippen molar-refractivity contribution < 1.29 is 46.7 Å². The number of ether oxygens (including phenoxy) is 6. The summed E-state index contributed by atoms with van der Waals surface area (Å²) in [6, 6.07) is 11.0. The van der Waals surface area contributed by atoms with E-state index in [0.717, 1.165) is 24.9 Å². The van der Waals surface area contributed by atoms with Gasteiger partial charge in [0.2, 0.25) is 16.8 Å². The van der Waals surface area contributed by atoms with Crippen LogP contribution < -0.4 is 19.5 Å². The number of amides is 1. The van der Waals surface area contributed by atoms with Crippen molar-refractivity contribution in [3.8, 4) is 17.2 Å². The van der Waals surface area contributed by atoms with Crippen molar-refractivity contribution >= 4 is 16.1 Å². The number of aliphatic hydroxyl groups excluding tert-OH is 1. The Labute approximate surface area is 277 Å². The van der Waals surface area contributed by atoms with Crippen LogP contribution in [-0.2, 0) is 30.7 Å². The third-order valence-corrected chi connectivity index (χ3v) is 10.2. The molecule has 2 N–H and O–H groups in total. The number of nitrogens with one attached hydrogen (secondary N) is 1. The third-order valence-electron chi connectivity index (χ3n) is 8.35. The van der Waals surface area contributed by atoms with E-state index in [9.17, 15) is 18.3 Å². The lowest BCUT2D eigenvalue weighted by atomic mass is 10.0. The minimum Gasteiger partial charge on any atom is -0.494 e. The molecule has 260 valence electrons. The number of aliphatic hydroxyl groups is 1. The molecule has 3 aliphatic rings. The first kappa shape index (κ1) is 35.2. The highest BCUT2D eigenvalue weighted by molar-refractivity contribution is 7.89. The van der Waals surface area contributed by atoms with Gasteiger partial charge in [0.15, 0.2) is 17.8 Å². The quantitative estimate of drug-likeness (QED) is 0.253. The van der Waals surface area contributed by atoms with Crippen LogP contribution in [0.3, 0.4) is 0 Å². The lowest BCUT2D eigenvalue weighted by Gasteiger charge is -2.31. The molecule has 2 saturated heterocycles. The lowest BCUT2D eigenvalue weighted by molar-refractivity contribution is -0.0907. The van der Waals surface area contributed by atoms with E-state index in [1.807, 2.05) is 52.2 Å². The zero-order valence-corrected chi connectivity index (χ0v) is 28.3. The van der Waals surface area contributed by atoms with Gasteiger partial charge in [0.25, 0.3) is 0 Å². The predicted molar refractivity (Wildman–Crippen MR) is 172 cm³/mol. The van der Waals surface area contributed by atoms with E-state index >= 15 is 0 Å². The number of carbonyl (C=O) groups is 1. The van der Waals surface area contributed by atoms with Crippen LogP contribution in [0.2, 0.25) is 0 Å². The molecule has 3 aliphatic heterocycles. The molecule has 5 atom stereocenters. The summed E-state index contributed by atoms with van der Waals surface area (Å²) in [5, 5.41) is 14.4. The maximum absolute atomic E-state index is 13.9. The van der Waals surface area contributed by atoms with Gasteiger partial charge in [-0.3, -0.25) is 0 Å². The monoisotopic (exact) mass is 677 g/mol. The van der Waals surface area contributed by atoms with E-state index < -0.39 is 34.4 Å². The molecule has 13 nitrogen and oxygen atoms in total. The van der Waals surface area contributed by atoms with Gasteiger partial charge >= 0.3 is 6.09 Å². The van der Waals surface area contributed by atoms with Crippen LogP contribution in [0.15, 0.2) is 47.4 Å². The molecule has 0 aliphatic carbocycles. The summed E-state index contributed by atoms with van der Waals surface area (Å²) in [6.45, 7) is 5.95. The summed E-state index contributed by atoms with van der Waals surface area (Å²) >= 11 is 0. The minimum absolute atomic E-state index is 0.0155. The Hall–Kier alpha value is -3.14. The summed E-state index contributed by atoms with van der Waals surface area (Å²) in [7, 11) is -0.0273. The number of nitrogens with zero attached hydrogens (tertiary/aromatic N) is 2. The van der Waals surface area contributed by atoms with Crippen molar-refractivity contribution in [3.05, 3.63) is 48.0 Å². The van der Waals surface area contributed by atoms with Gasteiger partial charge < -0.3 is 43.7 Å². The maximum Gasteiger partial charge on any atom is 0.407 e. The fraction of sp³-hybridized carbons (Fsp3) is 0.606. The Bertz CT molecular complexity index is 1440. The fourth-order valence-electron chi connectivity index (χ4n) is 5.90. The minimum atomic E-state index is -4.05. The number of benzene rings is 2. The van der Waals surface area contributed by atoms with Gasteiger partial charge in [-0.1, -0.05) is 26.0 Å². The molecule has 47 heavy (non-hydrogen) atoms. The first-order valence-electron chi connectivity index (χ1n) is 16.1. The SMILES string of the molecule is CC(C)CN(CC(O)C(Cc1ccc(OCCCN(C)C)cc1)NC(=O)OC1COC2OCCC12)S(=O)(=O)c1ccc2c(c1)OCO2. The highest BCUT2D eigenvalue weighted by Gasteiger charge is 2.44. The van der Waals surface area contributed by atoms with Gasteiger partial charge in [-0.15, -0.1) is 0 Å². The summed E-state index contributed by atoms with van der Waals surface area (Å²) in [5.74, 6) is 1.42. The summed E-state index contributed by atoms with van der Waals surface area (Å²) < 4.78 is 62.5. The molecule has 2 aromatic rings. The Balaban J connectivity index is 1.31. The van der Waals surface area contributed by atoms with E-state index in [2.05, 4.69) is 10.2 Å². The molecule has 0 bridgehead atoms. The highest BCUT2D eigenvalue weighted by Crippen LogP contribution is 2.35. The van der Waals surface area contributed by atoms with Gasteiger partial charge in [-0.2, -0.15) is 4.31 Å². The van der Waals surface area contributed by atoms with Gasteiger partial charge in [-0.05, 0) is 69.1 Å². The van der Waals surface area contributed by atoms with Crippen LogP contribution in [-0.4, -0.2) is 114 Å². The summed E-state index contributed by atoms with van der Waals surface area (Å²) in [6.07, 6.45) is -1.04. The Morgan fingerprint density at radius 2 is 1.83 bits per heavy atom. The van der Waals surface area contributed by atoms with Crippen molar-refractivity contribution in [2.24, 2.45) is 11.8 Å². The molecule has 0 aromatic heterocycles. The van der Waals surface area contributed by atoms with Crippen molar-refractivity contribution in [1.29, 1.82) is 0 Å². The molecule has 3 heterocycles. The Morgan fingerprint density at radius 3 is 2.57 bits per heavy atom. The van der Waals surface area contributed by atoms with Crippen molar-refractivity contribution in [2.45, 2.75) is 62.5 Å². The predicted octanol–water partition coefficient (Wildman–Crippen LogP) is 2.85. The van der Waals surface area contributed by atoms with E-state index in [-0.39, 0.29) is 55.9 Å². The van der Waals surface area contributed by atoms with Crippen LogP contribution in [0, 0.1) is 11.8 Å². The number of hydrogen-bond donors (Lipinski definition) is 2. The molecule has 0 radical (unpaired) electrons. The fourth-order valence-corrected chi connectivity index (χ4v) is 7.54. The average Bonchev–Trinajstić information content (AvgIpc) is 3.78. The normalized spacial score (nSPS) is 21.7. The number of carbonyl (C=O) groups excluding carboxylic acids is 1. The van der Waals surface area contributed by atoms with E-state index in [1.165, 1.54) is 16.4 Å². The molecule has 2 aromatic carbocycles. The molecular formula is C33H47N3O10S. The molecule has 5 rings (SSSR count). The number of alkyl carbamates (subject to hydrolysis) is 1. The first-order valence-corrected chi connectivity index (χ1v) is 17.6. The smallest absolute Gasteiger partial charge is 0.407 e. The van der Waals surface area contributed by atoms with E-state index in [0.29, 0.717) is 30.5 Å². The maximum atomic E-state index is 13.9. The first-order chi connectivity index (χ1) is 22.5. The van der Waals surface area contributed by atoms with Crippen LogP contribution >= 0.6 is 0 Å². The van der Waals surface area contributed by atoms with Crippen molar-refractivity contribution in [1.82, 2.24) is 14.5 Å². The lowest BCUT2D eigenvalue weighted by Crippen LogP contribution is -2.51. The Morgan fingerprint density at radius 1 is 1.06 bits per heavy atom. The van der Waals surface area contributed by atoms with Crippen molar-refractivity contribution in [3.63, 3.8) is 0 Å². The average molecular weight is 678 g/mol. The zero-order valence-electron chi connectivity index (χ0n) is 27.5. The number of sulfonamides is 1. The highest BCUT2D eigenvalue weighted by atomic mass is 32.2. The topological polar surface area (TPSA) is 145 Å². The molecule has 5 unspecified atom stereocenters. The van der Waals surface area contributed by atoms with Crippen LogP contribution in [0.5, 0.6) is 17.2 Å². The molecule has 0 spiro atoms. The molecule has 14 heteroatoms. The molecule has 0 saturated carbocycles.